The number of hydrogen-bond donors (Lipinski definition) is 0. The monoisotopic (exact) mass is 542 g/mol. The fraction of sp³-hybridized carbons (Fsp3) is 0.379. The van der Waals surface area contributed by atoms with Gasteiger partial charge in [-0.2, -0.15) is 0 Å². The lowest BCUT2D eigenvalue weighted by Crippen LogP contribution is -2.48. The standard InChI is InChI=1S/C29H32ClFN2O3S/c1-4-19(2)16-32(29(35)21-6-5-7-22(31)15-21)17-28(34)33-12-10-27-24(11-13-37-27)26(33)18-36-23-8-9-25(30)20(3)14-23/h5-9,11,13-15,19,26H,4,10,12,16-18H2,1-3H3/t19-,26-/m0/s1. The van der Waals surface area contributed by atoms with Crippen LogP contribution < -0.4 is 4.74 Å². The van der Waals surface area contributed by atoms with Crippen LogP contribution in [0.4, 0.5) is 4.39 Å². The second kappa shape index (κ2) is 12.1. The smallest absolute Gasteiger partial charge is 0.254 e. The zero-order valence-electron chi connectivity index (χ0n) is 21.4. The number of carbonyl (C=O) groups excluding carboxylic acids is 2. The molecule has 2 heterocycles. The number of aryl methyl sites for hydroxylation is 1. The van der Waals surface area contributed by atoms with E-state index < -0.39 is 5.82 Å². The van der Waals surface area contributed by atoms with Gasteiger partial charge in [-0.3, -0.25) is 9.59 Å². The molecule has 0 bridgehead atoms. The van der Waals surface area contributed by atoms with Crippen LogP contribution >= 0.6 is 22.9 Å². The van der Waals surface area contributed by atoms with Crippen molar-refractivity contribution in [3.63, 3.8) is 0 Å². The molecule has 0 radical (unpaired) electrons. The van der Waals surface area contributed by atoms with E-state index in [0.717, 1.165) is 24.0 Å². The van der Waals surface area contributed by atoms with E-state index >= 15 is 0 Å². The molecule has 4 rings (SSSR count). The summed E-state index contributed by atoms with van der Waals surface area (Å²) in [5, 5.41) is 2.71. The van der Waals surface area contributed by atoms with Crippen molar-refractivity contribution in [2.75, 3.05) is 26.2 Å². The molecular weight excluding hydrogens is 511 g/mol. The van der Waals surface area contributed by atoms with Gasteiger partial charge in [-0.25, -0.2) is 4.39 Å². The van der Waals surface area contributed by atoms with E-state index in [2.05, 4.69) is 6.07 Å². The van der Waals surface area contributed by atoms with E-state index in [-0.39, 0.29) is 35.9 Å². The topological polar surface area (TPSA) is 49.9 Å². The van der Waals surface area contributed by atoms with Crippen LogP contribution in [0.5, 0.6) is 5.75 Å². The first-order valence-corrected chi connectivity index (χ1v) is 13.8. The van der Waals surface area contributed by atoms with Crippen molar-refractivity contribution in [3.8, 4) is 5.75 Å². The fourth-order valence-corrected chi connectivity index (χ4v) is 5.59. The van der Waals surface area contributed by atoms with Crippen LogP contribution in [0.25, 0.3) is 0 Å². The molecule has 0 spiro atoms. The Hall–Kier alpha value is -2.90. The van der Waals surface area contributed by atoms with Gasteiger partial charge in [-0.1, -0.05) is 37.9 Å². The van der Waals surface area contributed by atoms with Gasteiger partial charge in [0.25, 0.3) is 5.91 Å². The van der Waals surface area contributed by atoms with Gasteiger partial charge in [0.05, 0.1) is 6.04 Å². The Morgan fingerprint density at radius 2 is 2.05 bits per heavy atom. The Morgan fingerprint density at radius 1 is 1.24 bits per heavy atom. The minimum atomic E-state index is -0.476. The van der Waals surface area contributed by atoms with Crippen molar-refractivity contribution in [2.45, 2.75) is 39.7 Å². The number of hydrogen-bond acceptors (Lipinski definition) is 4. The van der Waals surface area contributed by atoms with Crippen LogP contribution in [-0.4, -0.2) is 47.9 Å². The predicted molar refractivity (Wildman–Crippen MR) is 146 cm³/mol. The lowest BCUT2D eigenvalue weighted by molar-refractivity contribution is -0.135. The highest BCUT2D eigenvalue weighted by atomic mass is 35.5. The lowest BCUT2D eigenvalue weighted by atomic mass is 10.00. The van der Waals surface area contributed by atoms with Crippen LogP contribution in [-0.2, 0) is 11.2 Å². The van der Waals surface area contributed by atoms with Gasteiger partial charge < -0.3 is 14.5 Å². The third kappa shape index (κ3) is 6.51. The SMILES string of the molecule is CC[C@H](C)CN(CC(=O)N1CCc2sccc2[C@@H]1COc1ccc(Cl)c(C)c1)C(=O)c1cccc(F)c1. The summed E-state index contributed by atoms with van der Waals surface area (Å²) in [4.78, 5) is 31.7. The van der Waals surface area contributed by atoms with Gasteiger partial charge in [0, 0.05) is 28.6 Å². The first-order chi connectivity index (χ1) is 17.8. The third-order valence-electron chi connectivity index (χ3n) is 6.87. The van der Waals surface area contributed by atoms with Gasteiger partial charge in [0.2, 0.25) is 5.91 Å². The molecule has 0 unspecified atom stereocenters. The molecule has 3 aromatic rings. The average Bonchev–Trinajstić information content (AvgIpc) is 3.37. The minimum absolute atomic E-state index is 0.0737. The summed E-state index contributed by atoms with van der Waals surface area (Å²) in [5.41, 5.74) is 2.25. The van der Waals surface area contributed by atoms with Crippen LogP contribution in [0.1, 0.15) is 52.7 Å². The number of fused-ring (bicyclic) bond motifs is 1. The van der Waals surface area contributed by atoms with Crippen LogP contribution in [0, 0.1) is 18.7 Å². The second-order valence-electron chi connectivity index (χ2n) is 9.58. The maximum Gasteiger partial charge on any atom is 0.254 e. The first-order valence-electron chi connectivity index (χ1n) is 12.6. The van der Waals surface area contributed by atoms with Crippen molar-refractivity contribution in [1.29, 1.82) is 0 Å². The zero-order chi connectivity index (χ0) is 26.5. The molecule has 37 heavy (non-hydrogen) atoms. The quantitative estimate of drug-likeness (QED) is 0.308. The van der Waals surface area contributed by atoms with Gasteiger partial charge in [0.15, 0.2) is 0 Å². The molecule has 2 atom stereocenters. The molecule has 0 saturated carbocycles. The minimum Gasteiger partial charge on any atom is -0.491 e. The molecule has 0 N–H and O–H groups in total. The molecular formula is C29H32ClFN2O3S. The van der Waals surface area contributed by atoms with Crippen molar-refractivity contribution in [2.24, 2.45) is 5.92 Å². The molecule has 5 nitrogen and oxygen atoms in total. The van der Waals surface area contributed by atoms with Gasteiger partial charge in [-0.05, 0) is 78.2 Å². The zero-order valence-corrected chi connectivity index (χ0v) is 22.9. The summed E-state index contributed by atoms with van der Waals surface area (Å²) < 4.78 is 20.0. The van der Waals surface area contributed by atoms with E-state index in [1.54, 1.807) is 28.4 Å². The number of rotatable bonds is 9. The number of halogens is 2. The van der Waals surface area contributed by atoms with Crippen LogP contribution in [0.3, 0.4) is 0 Å². The lowest BCUT2D eigenvalue weighted by Gasteiger charge is -2.37. The molecule has 0 saturated heterocycles. The summed E-state index contributed by atoms with van der Waals surface area (Å²) in [6.45, 7) is 7.19. The largest absolute Gasteiger partial charge is 0.491 e. The summed E-state index contributed by atoms with van der Waals surface area (Å²) in [7, 11) is 0. The van der Waals surface area contributed by atoms with Crippen molar-refractivity contribution >= 4 is 34.8 Å². The van der Waals surface area contributed by atoms with E-state index in [0.29, 0.717) is 30.5 Å². The Morgan fingerprint density at radius 3 is 2.78 bits per heavy atom. The van der Waals surface area contributed by atoms with E-state index in [9.17, 15) is 14.0 Å². The fourth-order valence-electron chi connectivity index (χ4n) is 4.54. The van der Waals surface area contributed by atoms with Gasteiger partial charge >= 0.3 is 0 Å². The molecule has 1 aliphatic rings. The number of benzene rings is 2. The third-order valence-corrected chi connectivity index (χ3v) is 8.29. The summed E-state index contributed by atoms with van der Waals surface area (Å²) in [5.74, 6) is -0.0771. The van der Waals surface area contributed by atoms with E-state index in [1.165, 1.54) is 23.1 Å². The van der Waals surface area contributed by atoms with Crippen LogP contribution in [0.15, 0.2) is 53.9 Å². The predicted octanol–water partition coefficient (Wildman–Crippen LogP) is 6.54. The Labute approximate surface area is 226 Å². The number of amides is 2. The first kappa shape index (κ1) is 27.1. The molecule has 1 aliphatic heterocycles. The van der Waals surface area contributed by atoms with Crippen molar-refractivity contribution < 1.29 is 18.7 Å². The maximum absolute atomic E-state index is 13.8. The second-order valence-corrected chi connectivity index (χ2v) is 11.0. The maximum atomic E-state index is 13.8. The Balaban J connectivity index is 1.55. The number of ether oxygens (including phenoxy) is 1. The highest BCUT2D eigenvalue weighted by Gasteiger charge is 2.34. The number of nitrogens with zero attached hydrogens (tertiary/aromatic N) is 2. The molecule has 0 fully saturated rings. The molecule has 196 valence electrons. The van der Waals surface area contributed by atoms with Crippen molar-refractivity contribution in [1.82, 2.24) is 9.80 Å². The van der Waals surface area contributed by atoms with Gasteiger partial charge in [0.1, 0.15) is 24.7 Å². The molecule has 2 aromatic carbocycles. The molecule has 8 heteroatoms. The normalized spacial score (nSPS) is 15.7. The van der Waals surface area contributed by atoms with Crippen LogP contribution in [0.2, 0.25) is 5.02 Å². The Kier molecular flexibility index (Phi) is 8.87. The van der Waals surface area contributed by atoms with E-state index in [4.69, 9.17) is 16.3 Å². The number of carbonyl (C=O) groups is 2. The highest BCUT2D eigenvalue weighted by Crippen LogP contribution is 2.34. The summed E-state index contributed by atoms with van der Waals surface area (Å²) >= 11 is 7.85. The molecule has 2 amide bonds. The average molecular weight is 543 g/mol. The van der Waals surface area contributed by atoms with Crippen molar-refractivity contribution in [3.05, 3.63) is 86.3 Å². The van der Waals surface area contributed by atoms with E-state index in [1.807, 2.05) is 43.2 Å². The summed E-state index contributed by atoms with van der Waals surface area (Å²) in [6, 6.07) is 12.9. The summed E-state index contributed by atoms with van der Waals surface area (Å²) in [6.07, 6.45) is 1.62. The number of thiophene rings is 1. The van der Waals surface area contributed by atoms with Gasteiger partial charge in [-0.15, -0.1) is 11.3 Å². The highest BCUT2D eigenvalue weighted by molar-refractivity contribution is 7.10. The molecule has 0 aliphatic carbocycles. The Bertz CT molecular complexity index is 1260. The molecule has 1 aromatic heterocycles.